The van der Waals surface area contributed by atoms with E-state index in [1.54, 1.807) is 24.3 Å². The van der Waals surface area contributed by atoms with Crippen LogP contribution in [0.4, 0.5) is 0 Å². The molecule has 0 unspecified atom stereocenters. The Hall–Kier alpha value is -3.02. The van der Waals surface area contributed by atoms with Crippen LogP contribution in [0.3, 0.4) is 0 Å². The number of ether oxygens (including phenoxy) is 2. The van der Waals surface area contributed by atoms with Crippen LogP contribution < -0.4 is 9.47 Å². The largest absolute Gasteiger partial charge is 0.497 e. The molecule has 0 heterocycles. The average molecular weight is 357 g/mol. The summed E-state index contributed by atoms with van der Waals surface area (Å²) in [6, 6.07) is 10.8. The molecular formula is C20H23NO5. The maximum absolute atomic E-state index is 13.0. The van der Waals surface area contributed by atoms with E-state index >= 15 is 0 Å². The van der Waals surface area contributed by atoms with Crippen LogP contribution >= 0.6 is 0 Å². The number of aliphatic carboxylic acids is 1. The topological polar surface area (TPSA) is 76.1 Å². The third-order valence-electron chi connectivity index (χ3n) is 4.02. The number of amides is 1. The van der Waals surface area contributed by atoms with Crippen LogP contribution in [0.15, 0.2) is 36.4 Å². The lowest BCUT2D eigenvalue weighted by molar-refractivity contribution is -0.137. The summed E-state index contributed by atoms with van der Waals surface area (Å²) in [5.74, 6) is -0.239. The monoisotopic (exact) mass is 357 g/mol. The third-order valence-corrected chi connectivity index (χ3v) is 4.02. The second-order valence-electron chi connectivity index (χ2n) is 6.09. The fraction of sp³-hybridized carbons (Fsp3) is 0.300. The molecule has 26 heavy (non-hydrogen) atoms. The number of aryl methyl sites for hydroxylation is 2. The highest BCUT2D eigenvalue weighted by atomic mass is 16.5. The van der Waals surface area contributed by atoms with Gasteiger partial charge < -0.3 is 19.5 Å². The molecule has 0 radical (unpaired) electrons. The second kappa shape index (κ2) is 8.38. The minimum atomic E-state index is -1.07. The lowest BCUT2D eigenvalue weighted by Crippen LogP contribution is -2.35. The molecule has 0 aliphatic rings. The van der Waals surface area contributed by atoms with Gasteiger partial charge in [0.05, 0.1) is 14.2 Å². The molecule has 0 bridgehead atoms. The van der Waals surface area contributed by atoms with Crippen LogP contribution in [-0.4, -0.2) is 42.6 Å². The molecule has 0 saturated heterocycles. The summed E-state index contributed by atoms with van der Waals surface area (Å²) >= 11 is 0. The molecule has 2 aromatic carbocycles. The zero-order valence-corrected chi connectivity index (χ0v) is 15.4. The Kier molecular flexibility index (Phi) is 6.22. The van der Waals surface area contributed by atoms with Gasteiger partial charge in [-0.3, -0.25) is 9.59 Å². The fourth-order valence-corrected chi connectivity index (χ4v) is 2.68. The molecule has 138 valence electrons. The molecule has 0 aliphatic heterocycles. The number of nitrogens with zero attached hydrogens (tertiary/aromatic N) is 1. The van der Waals surface area contributed by atoms with E-state index in [1.165, 1.54) is 19.1 Å². The molecule has 2 aromatic rings. The van der Waals surface area contributed by atoms with Crippen molar-refractivity contribution in [3.05, 3.63) is 58.7 Å². The Morgan fingerprint density at radius 1 is 1.00 bits per heavy atom. The van der Waals surface area contributed by atoms with E-state index in [4.69, 9.17) is 9.47 Å². The van der Waals surface area contributed by atoms with Crippen molar-refractivity contribution in [1.29, 1.82) is 0 Å². The summed E-state index contributed by atoms with van der Waals surface area (Å²) in [6.07, 6.45) is 0. The van der Waals surface area contributed by atoms with Gasteiger partial charge in [-0.25, -0.2) is 0 Å². The number of rotatable bonds is 7. The Labute approximate surface area is 153 Å². The lowest BCUT2D eigenvalue weighted by atomic mass is 10.0. The zero-order valence-electron chi connectivity index (χ0n) is 15.4. The number of benzene rings is 2. The SMILES string of the molecule is COc1cc(CN(CC(=O)O)C(=O)c2cc(C)ccc2C)cc(OC)c1. The van der Waals surface area contributed by atoms with Gasteiger partial charge in [0.15, 0.2) is 0 Å². The van der Waals surface area contributed by atoms with E-state index in [2.05, 4.69) is 0 Å². The number of carboxylic acids is 1. The van der Waals surface area contributed by atoms with Gasteiger partial charge in [-0.05, 0) is 43.2 Å². The number of hydrogen-bond acceptors (Lipinski definition) is 4. The number of carboxylic acid groups (broad SMARTS) is 1. The van der Waals surface area contributed by atoms with Crippen molar-refractivity contribution < 1.29 is 24.2 Å². The molecule has 0 aromatic heterocycles. The molecule has 0 spiro atoms. The maximum Gasteiger partial charge on any atom is 0.323 e. The summed E-state index contributed by atoms with van der Waals surface area (Å²) in [7, 11) is 3.07. The Morgan fingerprint density at radius 3 is 2.15 bits per heavy atom. The first kappa shape index (κ1) is 19.3. The number of hydrogen-bond donors (Lipinski definition) is 1. The van der Waals surface area contributed by atoms with Crippen molar-refractivity contribution in [2.45, 2.75) is 20.4 Å². The predicted octanol–water partition coefficient (Wildman–Crippen LogP) is 3.05. The molecule has 0 fully saturated rings. The Balaban J connectivity index is 2.37. The molecule has 1 N–H and O–H groups in total. The van der Waals surface area contributed by atoms with Crippen LogP contribution in [0.1, 0.15) is 27.0 Å². The summed E-state index contributed by atoms with van der Waals surface area (Å²) in [5.41, 5.74) is 2.97. The zero-order chi connectivity index (χ0) is 19.3. The van der Waals surface area contributed by atoms with Gasteiger partial charge in [0.2, 0.25) is 0 Å². The van der Waals surface area contributed by atoms with E-state index < -0.39 is 12.5 Å². The minimum Gasteiger partial charge on any atom is -0.497 e. The Bertz CT molecular complexity index is 794. The number of carbonyl (C=O) groups is 2. The molecular weight excluding hydrogens is 334 g/mol. The van der Waals surface area contributed by atoms with E-state index in [0.29, 0.717) is 17.1 Å². The molecule has 6 nitrogen and oxygen atoms in total. The average Bonchev–Trinajstić information content (AvgIpc) is 2.61. The van der Waals surface area contributed by atoms with Crippen LogP contribution in [0.2, 0.25) is 0 Å². The van der Waals surface area contributed by atoms with Crippen molar-refractivity contribution in [1.82, 2.24) is 4.90 Å². The van der Waals surface area contributed by atoms with Crippen LogP contribution in [-0.2, 0) is 11.3 Å². The van der Waals surface area contributed by atoms with Crippen molar-refractivity contribution >= 4 is 11.9 Å². The summed E-state index contributed by atoms with van der Waals surface area (Å²) in [5, 5.41) is 9.24. The Morgan fingerprint density at radius 2 is 1.62 bits per heavy atom. The summed E-state index contributed by atoms with van der Waals surface area (Å²) in [6.45, 7) is 3.46. The van der Waals surface area contributed by atoms with Gasteiger partial charge >= 0.3 is 5.97 Å². The quantitative estimate of drug-likeness (QED) is 0.824. The molecule has 2 rings (SSSR count). The number of carbonyl (C=O) groups excluding carboxylic acids is 1. The van der Waals surface area contributed by atoms with E-state index in [-0.39, 0.29) is 12.5 Å². The fourth-order valence-electron chi connectivity index (χ4n) is 2.68. The number of methoxy groups -OCH3 is 2. The van der Waals surface area contributed by atoms with E-state index in [1.807, 2.05) is 26.0 Å². The smallest absolute Gasteiger partial charge is 0.323 e. The standard InChI is InChI=1S/C20H23NO5/c1-13-5-6-14(2)18(7-13)20(24)21(12-19(22)23)11-15-8-16(25-3)10-17(9-15)26-4/h5-10H,11-12H2,1-4H3,(H,22,23). The predicted molar refractivity (Wildman–Crippen MR) is 97.8 cm³/mol. The first-order valence-electron chi connectivity index (χ1n) is 8.14. The molecule has 0 atom stereocenters. The highest BCUT2D eigenvalue weighted by molar-refractivity contribution is 5.97. The molecule has 6 heteroatoms. The lowest BCUT2D eigenvalue weighted by Gasteiger charge is -2.22. The summed E-state index contributed by atoms with van der Waals surface area (Å²) in [4.78, 5) is 25.6. The molecule has 0 saturated carbocycles. The van der Waals surface area contributed by atoms with Crippen LogP contribution in [0.25, 0.3) is 0 Å². The van der Waals surface area contributed by atoms with Crippen LogP contribution in [0, 0.1) is 13.8 Å². The van der Waals surface area contributed by atoms with Crippen molar-refractivity contribution in [2.75, 3.05) is 20.8 Å². The van der Waals surface area contributed by atoms with Crippen molar-refractivity contribution in [3.63, 3.8) is 0 Å². The van der Waals surface area contributed by atoms with Gasteiger partial charge in [0.1, 0.15) is 18.0 Å². The van der Waals surface area contributed by atoms with Gasteiger partial charge in [-0.2, -0.15) is 0 Å². The van der Waals surface area contributed by atoms with Gasteiger partial charge in [-0.1, -0.05) is 17.7 Å². The van der Waals surface area contributed by atoms with Gasteiger partial charge in [0.25, 0.3) is 5.91 Å². The normalized spacial score (nSPS) is 10.3. The van der Waals surface area contributed by atoms with Crippen LogP contribution in [0.5, 0.6) is 11.5 Å². The second-order valence-corrected chi connectivity index (χ2v) is 6.09. The van der Waals surface area contributed by atoms with Crippen molar-refractivity contribution in [3.8, 4) is 11.5 Å². The first-order chi connectivity index (χ1) is 12.3. The molecule has 1 amide bonds. The van der Waals surface area contributed by atoms with Gasteiger partial charge in [0, 0.05) is 18.2 Å². The molecule has 0 aliphatic carbocycles. The van der Waals surface area contributed by atoms with Crippen molar-refractivity contribution in [2.24, 2.45) is 0 Å². The van der Waals surface area contributed by atoms with Gasteiger partial charge in [-0.15, -0.1) is 0 Å². The van der Waals surface area contributed by atoms with E-state index in [0.717, 1.165) is 16.7 Å². The highest BCUT2D eigenvalue weighted by Gasteiger charge is 2.21. The first-order valence-corrected chi connectivity index (χ1v) is 8.14. The highest BCUT2D eigenvalue weighted by Crippen LogP contribution is 2.24. The maximum atomic E-state index is 13.0. The minimum absolute atomic E-state index is 0.131. The third kappa shape index (κ3) is 4.75. The van der Waals surface area contributed by atoms with E-state index in [9.17, 15) is 14.7 Å². The summed E-state index contributed by atoms with van der Waals surface area (Å²) < 4.78 is 10.5.